The number of hydrogen-bond donors (Lipinski definition) is 1. The first-order chi connectivity index (χ1) is 8.75. The molecule has 0 bridgehead atoms. The Labute approximate surface area is 111 Å². The van der Waals surface area contributed by atoms with Crippen LogP contribution in [-0.2, 0) is 5.75 Å². The molecule has 1 aliphatic carbocycles. The molecule has 0 spiro atoms. The van der Waals surface area contributed by atoms with E-state index in [4.69, 9.17) is 5.73 Å². The first-order valence-electron chi connectivity index (χ1n) is 6.24. The van der Waals surface area contributed by atoms with Crippen LogP contribution in [0, 0.1) is 6.92 Å². The number of rotatable bonds is 4. The number of benzene rings is 1. The molecule has 1 fully saturated rings. The number of hydrogen-bond acceptors (Lipinski definition) is 3. The third-order valence-electron chi connectivity index (χ3n) is 3.35. The maximum absolute atomic E-state index is 6.09. The Morgan fingerprint density at radius 2 is 2.28 bits per heavy atom. The molecule has 18 heavy (non-hydrogen) atoms. The zero-order chi connectivity index (χ0) is 12.5. The molecule has 0 saturated heterocycles. The van der Waals surface area contributed by atoms with Gasteiger partial charge in [0, 0.05) is 34.3 Å². The molecule has 2 aromatic rings. The van der Waals surface area contributed by atoms with E-state index in [1.807, 2.05) is 25.5 Å². The summed E-state index contributed by atoms with van der Waals surface area (Å²) in [6, 6.07) is 6.89. The van der Waals surface area contributed by atoms with Crippen molar-refractivity contribution in [3.05, 3.63) is 42.0 Å². The van der Waals surface area contributed by atoms with Gasteiger partial charge in [-0.1, -0.05) is 12.1 Å². The van der Waals surface area contributed by atoms with E-state index < -0.39 is 0 Å². The minimum absolute atomic E-state index is 0.693. The smallest absolute Gasteiger partial charge is 0.0951 e. The molecule has 1 saturated carbocycles. The fraction of sp³-hybridized carbons (Fsp3) is 0.357. The molecule has 1 aromatic heterocycles. The van der Waals surface area contributed by atoms with E-state index in [9.17, 15) is 0 Å². The first-order valence-corrected chi connectivity index (χ1v) is 7.23. The standard InChI is InChI=1S/C14H17N3S/c1-10-3-2-4-13(14(10)15)18-8-12-7-16-9-17(12)11-5-6-11/h2-4,7,9,11H,5-6,8,15H2,1H3. The van der Waals surface area contributed by atoms with Gasteiger partial charge in [-0.3, -0.25) is 0 Å². The lowest BCUT2D eigenvalue weighted by Gasteiger charge is -2.09. The number of thioether (sulfide) groups is 1. The Balaban J connectivity index is 1.74. The van der Waals surface area contributed by atoms with Crippen molar-refractivity contribution in [2.45, 2.75) is 36.5 Å². The van der Waals surface area contributed by atoms with Crippen molar-refractivity contribution in [2.24, 2.45) is 0 Å². The molecule has 0 atom stereocenters. The quantitative estimate of drug-likeness (QED) is 0.676. The lowest BCUT2D eigenvalue weighted by atomic mass is 10.2. The monoisotopic (exact) mass is 259 g/mol. The average Bonchev–Trinajstić information content (AvgIpc) is 3.11. The minimum atomic E-state index is 0.693. The van der Waals surface area contributed by atoms with Gasteiger partial charge in [0.1, 0.15) is 0 Å². The number of para-hydroxylation sites is 1. The summed E-state index contributed by atoms with van der Waals surface area (Å²) in [6.45, 7) is 2.05. The summed E-state index contributed by atoms with van der Waals surface area (Å²) in [5.41, 5.74) is 9.44. The predicted molar refractivity (Wildman–Crippen MR) is 75.7 cm³/mol. The van der Waals surface area contributed by atoms with Gasteiger partial charge >= 0.3 is 0 Å². The normalized spacial score (nSPS) is 14.9. The topological polar surface area (TPSA) is 43.8 Å². The lowest BCUT2D eigenvalue weighted by molar-refractivity contribution is 0.714. The van der Waals surface area contributed by atoms with Crippen LogP contribution in [0.3, 0.4) is 0 Å². The Kier molecular flexibility index (Phi) is 3.04. The number of aryl methyl sites for hydroxylation is 1. The van der Waals surface area contributed by atoms with Crippen LogP contribution >= 0.6 is 11.8 Å². The van der Waals surface area contributed by atoms with Gasteiger partial charge in [-0.25, -0.2) is 4.98 Å². The van der Waals surface area contributed by atoms with Crippen LogP contribution in [0.5, 0.6) is 0 Å². The third kappa shape index (κ3) is 2.25. The highest BCUT2D eigenvalue weighted by molar-refractivity contribution is 7.98. The second kappa shape index (κ2) is 4.69. The van der Waals surface area contributed by atoms with Gasteiger partial charge in [0.2, 0.25) is 0 Å². The van der Waals surface area contributed by atoms with Gasteiger partial charge in [0.15, 0.2) is 0 Å². The van der Waals surface area contributed by atoms with Crippen molar-refractivity contribution in [3.8, 4) is 0 Å². The Hall–Kier alpha value is -1.42. The van der Waals surface area contributed by atoms with Gasteiger partial charge in [0.25, 0.3) is 0 Å². The van der Waals surface area contributed by atoms with Crippen molar-refractivity contribution in [3.63, 3.8) is 0 Å². The molecule has 0 unspecified atom stereocenters. The van der Waals surface area contributed by atoms with Gasteiger partial charge in [-0.15, -0.1) is 11.8 Å². The summed E-state index contributed by atoms with van der Waals surface area (Å²) < 4.78 is 2.30. The Bertz CT molecular complexity index is 558. The SMILES string of the molecule is Cc1cccc(SCc2cncn2C2CC2)c1N. The van der Waals surface area contributed by atoms with Crippen LogP contribution in [0.25, 0.3) is 0 Å². The van der Waals surface area contributed by atoms with Crippen LogP contribution in [-0.4, -0.2) is 9.55 Å². The molecule has 0 aliphatic heterocycles. The molecular weight excluding hydrogens is 242 g/mol. The summed E-state index contributed by atoms with van der Waals surface area (Å²) in [6.07, 6.45) is 6.51. The highest BCUT2D eigenvalue weighted by Gasteiger charge is 2.25. The van der Waals surface area contributed by atoms with Gasteiger partial charge < -0.3 is 10.3 Å². The largest absolute Gasteiger partial charge is 0.398 e. The predicted octanol–water partition coefficient (Wildman–Crippen LogP) is 3.40. The number of aromatic nitrogens is 2. The van der Waals surface area contributed by atoms with Crippen LogP contribution < -0.4 is 5.73 Å². The van der Waals surface area contributed by atoms with Gasteiger partial charge in [-0.2, -0.15) is 0 Å². The summed E-state index contributed by atoms with van der Waals surface area (Å²) in [7, 11) is 0. The van der Waals surface area contributed by atoms with Crippen molar-refractivity contribution >= 4 is 17.4 Å². The summed E-state index contributed by atoms with van der Waals surface area (Å²) in [4.78, 5) is 5.42. The Morgan fingerprint density at radius 3 is 3.06 bits per heavy atom. The number of imidazole rings is 1. The summed E-state index contributed by atoms with van der Waals surface area (Å²) >= 11 is 1.79. The second-order valence-corrected chi connectivity index (χ2v) is 5.82. The van der Waals surface area contributed by atoms with Gasteiger partial charge in [-0.05, 0) is 31.4 Å². The number of nitrogen functional groups attached to an aromatic ring is 1. The van der Waals surface area contributed by atoms with Gasteiger partial charge in [0.05, 0.1) is 6.33 Å². The van der Waals surface area contributed by atoms with Crippen LogP contribution in [0.2, 0.25) is 0 Å². The van der Waals surface area contributed by atoms with Crippen molar-refractivity contribution < 1.29 is 0 Å². The third-order valence-corrected chi connectivity index (χ3v) is 4.45. The number of anilines is 1. The minimum Gasteiger partial charge on any atom is -0.398 e. The molecule has 3 nitrogen and oxygen atoms in total. The van der Waals surface area contributed by atoms with Crippen molar-refractivity contribution in [1.29, 1.82) is 0 Å². The summed E-state index contributed by atoms with van der Waals surface area (Å²) in [5, 5.41) is 0. The van der Waals surface area contributed by atoms with E-state index >= 15 is 0 Å². The lowest BCUT2D eigenvalue weighted by Crippen LogP contribution is -1.98. The molecular formula is C14H17N3S. The van der Waals surface area contributed by atoms with E-state index in [1.165, 1.54) is 23.4 Å². The van der Waals surface area contributed by atoms with E-state index in [2.05, 4.69) is 21.7 Å². The van der Waals surface area contributed by atoms with Crippen molar-refractivity contribution in [2.75, 3.05) is 5.73 Å². The zero-order valence-corrected chi connectivity index (χ0v) is 11.3. The van der Waals surface area contributed by atoms with Crippen LogP contribution in [0.4, 0.5) is 5.69 Å². The van der Waals surface area contributed by atoms with E-state index in [0.717, 1.165) is 17.0 Å². The molecule has 1 heterocycles. The zero-order valence-electron chi connectivity index (χ0n) is 10.5. The fourth-order valence-electron chi connectivity index (χ4n) is 2.06. The molecule has 0 radical (unpaired) electrons. The molecule has 0 amide bonds. The van der Waals surface area contributed by atoms with E-state index in [0.29, 0.717) is 6.04 Å². The fourth-order valence-corrected chi connectivity index (χ4v) is 3.07. The molecule has 3 rings (SSSR count). The molecule has 2 N–H and O–H groups in total. The van der Waals surface area contributed by atoms with E-state index in [1.54, 1.807) is 11.8 Å². The number of nitrogens with two attached hydrogens (primary N) is 1. The maximum atomic E-state index is 6.09. The molecule has 1 aliphatic rings. The second-order valence-electron chi connectivity index (χ2n) is 4.80. The van der Waals surface area contributed by atoms with Crippen LogP contribution in [0.1, 0.15) is 30.1 Å². The highest BCUT2D eigenvalue weighted by Crippen LogP contribution is 2.37. The molecule has 1 aromatic carbocycles. The highest BCUT2D eigenvalue weighted by atomic mass is 32.2. The van der Waals surface area contributed by atoms with Crippen LogP contribution in [0.15, 0.2) is 35.6 Å². The first kappa shape index (κ1) is 11.7. The molecule has 94 valence electrons. The maximum Gasteiger partial charge on any atom is 0.0951 e. The van der Waals surface area contributed by atoms with E-state index in [-0.39, 0.29) is 0 Å². The molecule has 4 heteroatoms. The average molecular weight is 259 g/mol. The number of nitrogens with zero attached hydrogens (tertiary/aromatic N) is 2. The Morgan fingerprint density at radius 1 is 1.44 bits per heavy atom. The van der Waals surface area contributed by atoms with Crippen molar-refractivity contribution in [1.82, 2.24) is 9.55 Å². The summed E-state index contributed by atoms with van der Waals surface area (Å²) in [5.74, 6) is 0.935.